The SMILES string of the molecule is [CH2-]C(=O)OCCCC.[Cl-].[Zn+2]. The van der Waals surface area contributed by atoms with Crippen LogP contribution in [0.5, 0.6) is 0 Å². The Morgan fingerprint density at radius 2 is 2.10 bits per heavy atom. The van der Waals surface area contributed by atoms with Crippen molar-refractivity contribution in [3.8, 4) is 0 Å². The van der Waals surface area contributed by atoms with E-state index < -0.39 is 5.97 Å². The largest absolute Gasteiger partial charge is 2.00 e. The molecule has 10 heavy (non-hydrogen) atoms. The fourth-order valence-corrected chi connectivity index (χ4v) is 0.330. The molecule has 0 aliphatic carbocycles. The van der Waals surface area contributed by atoms with Crippen molar-refractivity contribution >= 4 is 5.97 Å². The first kappa shape index (κ1) is 16.7. The number of hydrogen-bond donors (Lipinski definition) is 0. The van der Waals surface area contributed by atoms with Crippen molar-refractivity contribution < 1.29 is 41.4 Å². The average Bonchev–Trinajstić information content (AvgIpc) is 1.66. The van der Waals surface area contributed by atoms with E-state index in [1.807, 2.05) is 6.92 Å². The summed E-state index contributed by atoms with van der Waals surface area (Å²) in [6.07, 6.45) is 1.98. The zero-order valence-electron chi connectivity index (χ0n) is 6.23. The molecule has 2 nitrogen and oxygen atoms in total. The Morgan fingerprint density at radius 3 is 2.40 bits per heavy atom. The molecule has 0 unspecified atom stereocenters. The summed E-state index contributed by atoms with van der Waals surface area (Å²) in [7, 11) is 0. The summed E-state index contributed by atoms with van der Waals surface area (Å²) in [5.74, 6) is -0.432. The predicted molar refractivity (Wildman–Crippen MR) is 31.2 cm³/mol. The topological polar surface area (TPSA) is 26.3 Å². The van der Waals surface area contributed by atoms with Crippen LogP contribution in [0.1, 0.15) is 19.8 Å². The number of carbonyl (C=O) groups is 1. The van der Waals surface area contributed by atoms with Gasteiger partial charge < -0.3 is 17.1 Å². The summed E-state index contributed by atoms with van der Waals surface area (Å²) in [5, 5.41) is 0. The minimum atomic E-state index is -0.432. The summed E-state index contributed by atoms with van der Waals surface area (Å²) < 4.78 is 4.53. The second kappa shape index (κ2) is 12.0. The maximum atomic E-state index is 9.99. The van der Waals surface area contributed by atoms with Crippen molar-refractivity contribution in [1.82, 2.24) is 0 Å². The molecule has 0 aromatic carbocycles. The van der Waals surface area contributed by atoms with E-state index in [9.17, 15) is 4.79 Å². The van der Waals surface area contributed by atoms with E-state index in [4.69, 9.17) is 0 Å². The molecule has 0 saturated heterocycles. The Labute approximate surface area is 80.9 Å². The quantitative estimate of drug-likeness (QED) is 0.240. The summed E-state index contributed by atoms with van der Waals surface area (Å²) in [5.41, 5.74) is 0. The Bertz CT molecular complexity index is 78.1. The number of unbranched alkanes of at least 4 members (excludes halogenated alkanes) is 1. The molecule has 4 heteroatoms. The van der Waals surface area contributed by atoms with Crippen LogP contribution in [0, 0.1) is 6.92 Å². The van der Waals surface area contributed by atoms with Gasteiger partial charge in [0.15, 0.2) is 5.97 Å². The van der Waals surface area contributed by atoms with Gasteiger partial charge >= 0.3 is 19.5 Å². The zero-order chi connectivity index (χ0) is 6.41. The van der Waals surface area contributed by atoms with Crippen LogP contribution in [0.3, 0.4) is 0 Å². The van der Waals surface area contributed by atoms with Crippen LogP contribution in [-0.4, -0.2) is 12.6 Å². The number of hydrogen-bond acceptors (Lipinski definition) is 2. The number of esters is 1. The van der Waals surface area contributed by atoms with E-state index in [-0.39, 0.29) is 31.9 Å². The normalized spacial score (nSPS) is 6.90. The van der Waals surface area contributed by atoms with Gasteiger partial charge in [0, 0.05) is 0 Å². The van der Waals surface area contributed by atoms with Crippen LogP contribution in [0.25, 0.3) is 0 Å². The van der Waals surface area contributed by atoms with Crippen LogP contribution in [-0.2, 0) is 29.0 Å². The van der Waals surface area contributed by atoms with Gasteiger partial charge in [0.05, 0.1) is 6.61 Å². The molecule has 0 aliphatic heterocycles. The summed E-state index contributed by atoms with van der Waals surface area (Å²) in [4.78, 5) is 9.99. The Balaban J connectivity index is -0.000000245. The third-order valence-electron chi connectivity index (χ3n) is 0.761. The molecule has 0 N–H and O–H groups in total. The van der Waals surface area contributed by atoms with Gasteiger partial charge in [-0.15, -0.1) is 0 Å². The number of carbonyl (C=O) groups excluding carboxylic acids is 1. The van der Waals surface area contributed by atoms with Gasteiger partial charge in [0.1, 0.15) is 0 Å². The number of rotatable bonds is 3. The van der Waals surface area contributed by atoms with Crippen LogP contribution in [0.15, 0.2) is 0 Å². The van der Waals surface area contributed by atoms with Crippen molar-refractivity contribution in [2.75, 3.05) is 6.61 Å². The molecule has 0 rings (SSSR count). The van der Waals surface area contributed by atoms with Gasteiger partial charge in [-0.05, 0) is 6.42 Å². The molecule has 0 heterocycles. The fraction of sp³-hybridized carbons (Fsp3) is 0.667. The Morgan fingerprint density at radius 1 is 1.60 bits per heavy atom. The van der Waals surface area contributed by atoms with Gasteiger partial charge in [-0.1, -0.05) is 13.3 Å². The minimum Gasteiger partial charge on any atom is -1.00 e. The molecule has 0 bridgehead atoms. The summed E-state index contributed by atoms with van der Waals surface area (Å²) >= 11 is 0. The Kier molecular flexibility index (Phi) is 20.0. The molecule has 56 valence electrons. The van der Waals surface area contributed by atoms with E-state index in [0.29, 0.717) is 6.61 Å². The average molecular weight is 216 g/mol. The van der Waals surface area contributed by atoms with Crippen molar-refractivity contribution in [3.63, 3.8) is 0 Å². The van der Waals surface area contributed by atoms with Crippen molar-refractivity contribution in [2.45, 2.75) is 19.8 Å². The standard InChI is InChI=1S/C6H11O2.ClH.Zn/c1-3-4-5-8-6(2)7;;/h2-5H2,1H3;1H;/q-1;;+2/p-1. The molecule has 0 aliphatic rings. The first-order chi connectivity index (χ1) is 3.77. The fourth-order valence-electron chi connectivity index (χ4n) is 0.330. The first-order valence-corrected chi connectivity index (χ1v) is 2.76. The molecule has 0 amide bonds. The van der Waals surface area contributed by atoms with E-state index in [2.05, 4.69) is 11.7 Å². The molecule has 0 atom stereocenters. The molecule has 0 saturated carbocycles. The van der Waals surface area contributed by atoms with E-state index in [1.54, 1.807) is 0 Å². The summed E-state index contributed by atoms with van der Waals surface area (Å²) in [6.45, 7) is 5.60. The second-order valence-electron chi connectivity index (χ2n) is 1.57. The molecule has 0 fully saturated rings. The zero-order valence-corrected chi connectivity index (χ0v) is 9.95. The molecular weight excluding hydrogens is 205 g/mol. The molecule has 0 aromatic rings. The van der Waals surface area contributed by atoms with Crippen molar-refractivity contribution in [3.05, 3.63) is 6.92 Å². The van der Waals surface area contributed by atoms with Crippen LogP contribution >= 0.6 is 0 Å². The van der Waals surface area contributed by atoms with Crippen LogP contribution < -0.4 is 12.4 Å². The van der Waals surface area contributed by atoms with Crippen LogP contribution in [0.4, 0.5) is 0 Å². The van der Waals surface area contributed by atoms with E-state index in [1.165, 1.54) is 0 Å². The molecule has 0 aromatic heterocycles. The van der Waals surface area contributed by atoms with Crippen LogP contribution in [0.2, 0.25) is 0 Å². The molecule has 0 spiro atoms. The third kappa shape index (κ3) is 15.7. The van der Waals surface area contributed by atoms with Gasteiger partial charge in [-0.25, -0.2) is 0 Å². The second-order valence-corrected chi connectivity index (χ2v) is 1.57. The maximum Gasteiger partial charge on any atom is 2.00 e. The van der Waals surface area contributed by atoms with Crippen molar-refractivity contribution in [2.24, 2.45) is 0 Å². The third-order valence-corrected chi connectivity index (χ3v) is 0.761. The predicted octanol–water partition coefficient (Wildman–Crippen LogP) is -1.83. The summed E-state index contributed by atoms with van der Waals surface area (Å²) in [6, 6.07) is 0. The van der Waals surface area contributed by atoms with Crippen molar-refractivity contribution in [1.29, 1.82) is 0 Å². The maximum absolute atomic E-state index is 9.99. The number of halogens is 1. The minimum absolute atomic E-state index is 0. The van der Waals surface area contributed by atoms with E-state index >= 15 is 0 Å². The molecular formula is C6H11ClO2Zn. The Hall–Kier alpha value is 0.253. The van der Waals surface area contributed by atoms with Gasteiger partial charge in [0.2, 0.25) is 0 Å². The van der Waals surface area contributed by atoms with E-state index in [0.717, 1.165) is 12.8 Å². The first-order valence-electron chi connectivity index (χ1n) is 2.76. The smallest absolute Gasteiger partial charge is 1.00 e. The van der Waals surface area contributed by atoms with Gasteiger partial charge in [-0.3, -0.25) is 11.7 Å². The molecule has 0 radical (unpaired) electrons. The van der Waals surface area contributed by atoms with Gasteiger partial charge in [0.25, 0.3) is 0 Å². The number of ether oxygens (including phenoxy) is 1. The monoisotopic (exact) mass is 214 g/mol. The van der Waals surface area contributed by atoms with Gasteiger partial charge in [-0.2, -0.15) is 0 Å².